The number of carbonyl (C=O) groups excluding carboxylic acids is 1. The Bertz CT molecular complexity index is 1380. The van der Waals surface area contributed by atoms with E-state index in [2.05, 4.69) is 29.2 Å². The van der Waals surface area contributed by atoms with Crippen LogP contribution < -0.4 is 4.90 Å². The molecule has 6 rings (SSSR count). The normalized spacial score (nSPS) is 16.1. The van der Waals surface area contributed by atoms with Gasteiger partial charge in [-0.3, -0.25) is 4.79 Å². The molecule has 0 spiro atoms. The number of anilines is 1. The molecule has 2 aromatic carbocycles. The summed E-state index contributed by atoms with van der Waals surface area (Å²) in [5.41, 5.74) is 3.37. The Morgan fingerprint density at radius 2 is 1.64 bits per heavy atom. The van der Waals surface area contributed by atoms with E-state index in [1.807, 2.05) is 34.4 Å². The number of nitrogens with zero attached hydrogens (tertiary/aromatic N) is 4. The van der Waals surface area contributed by atoms with Gasteiger partial charge in [0.05, 0.1) is 5.39 Å². The van der Waals surface area contributed by atoms with Gasteiger partial charge in [0.1, 0.15) is 16.5 Å². The van der Waals surface area contributed by atoms with E-state index in [0.29, 0.717) is 23.7 Å². The molecule has 0 N–H and O–H groups in total. The van der Waals surface area contributed by atoms with Gasteiger partial charge in [-0.05, 0) is 61.1 Å². The average molecular weight is 517 g/mol. The fourth-order valence-electron chi connectivity index (χ4n) is 5.34. The molecule has 0 bridgehead atoms. The number of aromatic nitrogens is 2. The van der Waals surface area contributed by atoms with E-state index >= 15 is 0 Å². The van der Waals surface area contributed by atoms with Crippen molar-refractivity contribution in [3.05, 3.63) is 87.0 Å². The second kappa shape index (κ2) is 10.2. The fourth-order valence-corrected chi connectivity index (χ4v) is 6.74. The lowest BCUT2D eigenvalue weighted by molar-refractivity contribution is 0.0746. The highest BCUT2D eigenvalue weighted by molar-refractivity contribution is 7.19. The predicted octanol–water partition coefficient (Wildman–Crippen LogP) is 6.17. The van der Waals surface area contributed by atoms with Gasteiger partial charge in [0.2, 0.25) is 0 Å². The molecule has 0 radical (unpaired) electrons. The first kappa shape index (κ1) is 23.4. The lowest BCUT2D eigenvalue weighted by Gasteiger charge is -2.36. The second-order valence-corrected chi connectivity index (χ2v) is 11.2. The Kier molecular flexibility index (Phi) is 6.63. The smallest absolute Gasteiger partial charge is 0.253 e. The van der Waals surface area contributed by atoms with Crippen molar-refractivity contribution in [2.75, 3.05) is 31.1 Å². The molecular weight excluding hydrogens is 488 g/mol. The molecule has 0 saturated carbocycles. The molecule has 4 aromatic rings. The van der Waals surface area contributed by atoms with Crippen LogP contribution in [0.1, 0.15) is 51.4 Å². The van der Waals surface area contributed by atoms with Crippen molar-refractivity contribution in [2.45, 2.75) is 38.5 Å². The molecule has 1 amide bonds. The number of amides is 1. The summed E-state index contributed by atoms with van der Waals surface area (Å²) in [5, 5.41) is 1.90. The minimum absolute atomic E-state index is 0.0633. The van der Waals surface area contributed by atoms with E-state index in [0.717, 1.165) is 48.8 Å². The largest absolute Gasteiger partial charge is 0.352 e. The van der Waals surface area contributed by atoms with Crippen molar-refractivity contribution in [1.82, 2.24) is 14.9 Å². The van der Waals surface area contributed by atoms with Crippen LogP contribution in [-0.2, 0) is 19.3 Å². The maximum absolute atomic E-state index is 13.1. The molecule has 1 fully saturated rings. The topological polar surface area (TPSA) is 49.3 Å². The van der Waals surface area contributed by atoms with E-state index < -0.39 is 0 Å². The Morgan fingerprint density at radius 3 is 2.42 bits per heavy atom. The zero-order valence-corrected chi connectivity index (χ0v) is 21.8. The van der Waals surface area contributed by atoms with Gasteiger partial charge in [-0.15, -0.1) is 11.3 Å². The van der Waals surface area contributed by atoms with Gasteiger partial charge in [-0.1, -0.05) is 48.4 Å². The average Bonchev–Trinajstić information content (AvgIpc) is 3.09. The summed E-state index contributed by atoms with van der Waals surface area (Å²) in [7, 11) is 0. The Balaban J connectivity index is 1.31. The van der Waals surface area contributed by atoms with Crippen LogP contribution in [0.4, 0.5) is 5.82 Å². The summed E-state index contributed by atoms with van der Waals surface area (Å²) in [6, 6.07) is 17.6. The van der Waals surface area contributed by atoms with Crippen LogP contribution in [0.2, 0.25) is 5.02 Å². The SMILES string of the molecule is O=C(c1ccc(Cl)cc1)N1CCN(c2nc(Cc3ccccc3)nc3sc4c(c23)CCCCC4)CC1. The van der Waals surface area contributed by atoms with Crippen molar-refractivity contribution in [3.63, 3.8) is 0 Å². The second-order valence-electron chi connectivity index (χ2n) is 9.66. The number of fused-ring (bicyclic) bond motifs is 3. The fraction of sp³-hybridized carbons (Fsp3) is 0.345. The molecule has 5 nitrogen and oxygen atoms in total. The maximum Gasteiger partial charge on any atom is 0.253 e. The van der Waals surface area contributed by atoms with E-state index in [1.165, 1.54) is 40.7 Å². The number of rotatable bonds is 4. The molecule has 184 valence electrons. The van der Waals surface area contributed by atoms with Gasteiger partial charge in [-0.2, -0.15) is 0 Å². The molecule has 0 unspecified atom stereocenters. The number of hydrogen-bond donors (Lipinski definition) is 0. The van der Waals surface area contributed by atoms with Crippen LogP contribution in [0.15, 0.2) is 54.6 Å². The number of aryl methyl sites for hydroxylation is 2. The molecule has 7 heteroatoms. The van der Waals surface area contributed by atoms with Crippen molar-refractivity contribution < 1.29 is 4.79 Å². The third kappa shape index (κ3) is 4.72. The number of thiophene rings is 1. The number of piperazine rings is 1. The Hall–Kier alpha value is -2.96. The zero-order valence-electron chi connectivity index (χ0n) is 20.3. The minimum atomic E-state index is 0.0633. The molecular formula is C29H29ClN4OS. The van der Waals surface area contributed by atoms with Crippen LogP contribution in [0.3, 0.4) is 0 Å². The highest BCUT2D eigenvalue weighted by Gasteiger charge is 2.27. The molecule has 3 heterocycles. The van der Waals surface area contributed by atoms with Crippen molar-refractivity contribution in [2.24, 2.45) is 0 Å². The van der Waals surface area contributed by atoms with Crippen LogP contribution in [0.5, 0.6) is 0 Å². The quantitative estimate of drug-likeness (QED) is 0.304. The summed E-state index contributed by atoms with van der Waals surface area (Å²) in [4.78, 5) is 30.2. The van der Waals surface area contributed by atoms with E-state index in [1.54, 1.807) is 12.1 Å². The highest BCUT2D eigenvalue weighted by Crippen LogP contribution is 2.39. The van der Waals surface area contributed by atoms with E-state index in [4.69, 9.17) is 21.6 Å². The van der Waals surface area contributed by atoms with E-state index in [9.17, 15) is 4.79 Å². The number of carbonyl (C=O) groups is 1. The van der Waals surface area contributed by atoms with Crippen molar-refractivity contribution in [3.8, 4) is 0 Å². The minimum Gasteiger partial charge on any atom is -0.352 e. The Labute approximate surface area is 220 Å². The van der Waals surface area contributed by atoms with Gasteiger partial charge in [0.15, 0.2) is 0 Å². The maximum atomic E-state index is 13.1. The summed E-state index contributed by atoms with van der Waals surface area (Å²) in [5.74, 6) is 2.00. The predicted molar refractivity (Wildman–Crippen MR) is 147 cm³/mol. The first-order valence-electron chi connectivity index (χ1n) is 12.8. The standard InChI is InChI=1S/C29H29ClN4OS/c30-22-13-11-21(12-14-22)29(35)34-17-15-33(16-18-34)27-26-23-9-5-2-6-10-24(23)36-28(26)32-25(31-27)19-20-7-3-1-4-8-20/h1,3-4,7-8,11-14H,2,5-6,9-10,15-19H2. The monoisotopic (exact) mass is 516 g/mol. The molecule has 2 aliphatic rings. The zero-order chi connectivity index (χ0) is 24.5. The van der Waals surface area contributed by atoms with Gasteiger partial charge in [0, 0.05) is 48.1 Å². The molecule has 1 aliphatic carbocycles. The van der Waals surface area contributed by atoms with Crippen LogP contribution in [0, 0.1) is 0 Å². The van der Waals surface area contributed by atoms with Crippen molar-refractivity contribution in [1.29, 1.82) is 0 Å². The van der Waals surface area contributed by atoms with Crippen LogP contribution in [-0.4, -0.2) is 47.0 Å². The van der Waals surface area contributed by atoms with Gasteiger partial charge >= 0.3 is 0 Å². The van der Waals surface area contributed by atoms with Crippen LogP contribution >= 0.6 is 22.9 Å². The summed E-state index contributed by atoms with van der Waals surface area (Å²) in [6.07, 6.45) is 6.75. The first-order valence-corrected chi connectivity index (χ1v) is 14.0. The first-order chi connectivity index (χ1) is 17.7. The molecule has 1 aliphatic heterocycles. The summed E-state index contributed by atoms with van der Waals surface area (Å²) in [6.45, 7) is 2.88. The summed E-state index contributed by atoms with van der Waals surface area (Å²) < 4.78 is 0. The number of hydrogen-bond acceptors (Lipinski definition) is 5. The number of halogens is 1. The lowest BCUT2D eigenvalue weighted by atomic mass is 10.1. The molecule has 1 saturated heterocycles. The van der Waals surface area contributed by atoms with Gasteiger partial charge in [-0.25, -0.2) is 9.97 Å². The third-order valence-electron chi connectivity index (χ3n) is 7.25. The summed E-state index contributed by atoms with van der Waals surface area (Å²) >= 11 is 7.88. The van der Waals surface area contributed by atoms with Gasteiger partial charge < -0.3 is 9.80 Å². The number of benzene rings is 2. The molecule has 36 heavy (non-hydrogen) atoms. The highest BCUT2D eigenvalue weighted by atomic mass is 35.5. The Morgan fingerprint density at radius 1 is 0.889 bits per heavy atom. The van der Waals surface area contributed by atoms with Gasteiger partial charge in [0.25, 0.3) is 5.91 Å². The van der Waals surface area contributed by atoms with Crippen LogP contribution in [0.25, 0.3) is 10.2 Å². The van der Waals surface area contributed by atoms with E-state index in [-0.39, 0.29) is 5.91 Å². The molecule has 0 atom stereocenters. The molecule has 2 aromatic heterocycles. The van der Waals surface area contributed by atoms with Crippen molar-refractivity contribution >= 4 is 44.9 Å². The third-order valence-corrected chi connectivity index (χ3v) is 8.69. The lowest BCUT2D eigenvalue weighted by Crippen LogP contribution is -2.49.